The van der Waals surface area contributed by atoms with Crippen LogP contribution < -0.4 is 5.32 Å². The number of rotatable bonds is 8. The van der Waals surface area contributed by atoms with Crippen LogP contribution >= 0.6 is 11.6 Å². The number of carbonyl (C=O) groups is 1. The third kappa shape index (κ3) is 5.37. The number of nitrogens with zero attached hydrogens (tertiary/aromatic N) is 2. The molecule has 7 nitrogen and oxygen atoms in total. The highest BCUT2D eigenvalue weighted by Crippen LogP contribution is 2.48. The molecule has 0 saturated heterocycles. The van der Waals surface area contributed by atoms with E-state index >= 15 is 0 Å². The Bertz CT molecular complexity index is 1160. The van der Waals surface area contributed by atoms with Gasteiger partial charge in [-0.15, -0.1) is 0 Å². The van der Waals surface area contributed by atoms with E-state index in [9.17, 15) is 44.3 Å². The molecule has 2 N–H and O–H groups in total. The number of benzene rings is 1. The Hall–Kier alpha value is -3.43. The van der Waals surface area contributed by atoms with E-state index in [1.54, 1.807) is 0 Å². The smallest absolute Gasteiger partial charge is 0.437 e. The molecule has 0 aliphatic heterocycles. The SMILES string of the molecule is CN/C(=C(/OC(F)F)C(=N)C(F)(C(F)(F)F)C(F)(F)F)n1cc(-c2ccc(Cl)c(C(=O)OC)c2)cn1. The monoisotopic (exact) mass is 552 g/mol. The first-order chi connectivity index (χ1) is 16.5. The third-order valence-electron chi connectivity index (χ3n) is 4.53. The van der Waals surface area contributed by atoms with Gasteiger partial charge in [-0.1, -0.05) is 17.7 Å². The van der Waals surface area contributed by atoms with Gasteiger partial charge in [0, 0.05) is 18.8 Å². The number of nitrogens with one attached hydrogen (secondary N) is 2. The Morgan fingerprint density at radius 1 is 1.11 bits per heavy atom. The fraction of sp³-hybridized carbons (Fsp3) is 0.316. The van der Waals surface area contributed by atoms with Crippen molar-refractivity contribution in [3.05, 3.63) is 46.9 Å². The van der Waals surface area contributed by atoms with Crippen LogP contribution in [-0.2, 0) is 9.47 Å². The van der Waals surface area contributed by atoms with Crippen molar-refractivity contribution in [1.29, 1.82) is 5.41 Å². The average Bonchev–Trinajstić information content (AvgIpc) is 3.25. The molecule has 0 radical (unpaired) electrons. The van der Waals surface area contributed by atoms with Crippen molar-refractivity contribution in [3.8, 4) is 11.1 Å². The molecular weight excluding hydrogens is 539 g/mol. The van der Waals surface area contributed by atoms with Crippen molar-refractivity contribution in [2.75, 3.05) is 14.2 Å². The zero-order valence-corrected chi connectivity index (χ0v) is 18.6. The number of allylic oxidation sites excluding steroid dienone is 1. The summed E-state index contributed by atoms with van der Waals surface area (Å²) in [4.78, 5) is 11.8. The van der Waals surface area contributed by atoms with Crippen LogP contribution in [-0.4, -0.2) is 60.3 Å². The minimum Gasteiger partial charge on any atom is -0.465 e. The predicted molar refractivity (Wildman–Crippen MR) is 107 cm³/mol. The normalized spacial score (nSPS) is 13.4. The number of halogens is 10. The predicted octanol–water partition coefficient (Wildman–Crippen LogP) is 5.43. The molecular formula is C19H14ClF9N4O3. The molecule has 1 aromatic carbocycles. The Morgan fingerprint density at radius 2 is 1.69 bits per heavy atom. The molecule has 2 rings (SSSR count). The number of carbonyl (C=O) groups excluding carboxylic acids is 1. The molecule has 2 aromatic rings. The van der Waals surface area contributed by atoms with Crippen molar-refractivity contribution in [2.24, 2.45) is 0 Å². The number of hydrogen-bond donors (Lipinski definition) is 2. The molecule has 198 valence electrons. The summed E-state index contributed by atoms with van der Waals surface area (Å²) < 4.78 is 128. The lowest BCUT2D eigenvalue weighted by atomic mass is 9.96. The first-order valence-corrected chi connectivity index (χ1v) is 9.59. The first-order valence-electron chi connectivity index (χ1n) is 9.21. The number of methoxy groups -OCH3 is 1. The van der Waals surface area contributed by atoms with Crippen LogP contribution in [0, 0.1) is 5.41 Å². The molecule has 0 aliphatic carbocycles. The molecule has 0 amide bonds. The van der Waals surface area contributed by atoms with Gasteiger partial charge in [0.2, 0.25) is 0 Å². The van der Waals surface area contributed by atoms with Crippen LogP contribution in [0.2, 0.25) is 5.02 Å². The highest BCUT2D eigenvalue weighted by atomic mass is 35.5. The molecule has 0 bridgehead atoms. The minimum absolute atomic E-state index is 0.0199. The van der Waals surface area contributed by atoms with Gasteiger partial charge in [-0.2, -0.15) is 40.2 Å². The van der Waals surface area contributed by atoms with Crippen molar-refractivity contribution < 1.29 is 53.8 Å². The van der Waals surface area contributed by atoms with Crippen LogP contribution in [0.25, 0.3) is 16.9 Å². The molecule has 0 atom stereocenters. The van der Waals surface area contributed by atoms with E-state index < -0.39 is 47.9 Å². The molecule has 1 aromatic heterocycles. The Kier molecular flexibility index (Phi) is 8.23. The van der Waals surface area contributed by atoms with E-state index in [1.165, 1.54) is 18.2 Å². The van der Waals surface area contributed by atoms with Crippen LogP contribution in [0.1, 0.15) is 10.4 Å². The standard InChI is InChI=1S/C19H14ClF9N4O3/c1-31-14(12(36-16(21)22)13(30)17(23,18(24,25)26)19(27,28)29)33-7-9(6-32-33)8-3-4-11(20)10(5-8)15(34)35-2/h3-7,16,30-31H,1-2H3/b14-12-,30-13?. The summed E-state index contributed by atoms with van der Waals surface area (Å²) in [5.74, 6) is -4.13. The molecule has 36 heavy (non-hydrogen) atoms. The molecule has 0 unspecified atom stereocenters. The van der Waals surface area contributed by atoms with E-state index in [1.807, 2.05) is 5.32 Å². The molecule has 1 heterocycles. The van der Waals surface area contributed by atoms with Gasteiger partial charge in [-0.05, 0) is 17.7 Å². The number of esters is 1. The maximum absolute atomic E-state index is 14.4. The van der Waals surface area contributed by atoms with Gasteiger partial charge >= 0.3 is 30.6 Å². The molecule has 0 saturated carbocycles. The van der Waals surface area contributed by atoms with Gasteiger partial charge in [-0.25, -0.2) is 13.9 Å². The first kappa shape index (κ1) is 28.8. The minimum atomic E-state index is -6.76. The lowest BCUT2D eigenvalue weighted by molar-refractivity contribution is -0.313. The zero-order valence-electron chi connectivity index (χ0n) is 17.9. The van der Waals surface area contributed by atoms with E-state index in [2.05, 4.69) is 14.6 Å². The molecule has 0 fully saturated rings. The van der Waals surface area contributed by atoms with Crippen molar-refractivity contribution in [1.82, 2.24) is 15.1 Å². The van der Waals surface area contributed by atoms with Crippen LogP contribution in [0.4, 0.5) is 39.5 Å². The summed E-state index contributed by atoms with van der Waals surface area (Å²) in [6.07, 6.45) is -11.7. The summed E-state index contributed by atoms with van der Waals surface area (Å²) in [5.41, 5.74) is -9.25. The highest BCUT2D eigenvalue weighted by molar-refractivity contribution is 6.33. The Labute approximate surface area is 200 Å². The highest BCUT2D eigenvalue weighted by Gasteiger charge is 2.76. The number of alkyl halides is 9. The van der Waals surface area contributed by atoms with Crippen molar-refractivity contribution in [3.63, 3.8) is 0 Å². The van der Waals surface area contributed by atoms with Gasteiger partial charge in [0.1, 0.15) is 5.71 Å². The zero-order chi connectivity index (χ0) is 27.6. The second kappa shape index (κ2) is 10.3. The summed E-state index contributed by atoms with van der Waals surface area (Å²) in [6.45, 7) is -4.05. The largest absolute Gasteiger partial charge is 0.465 e. The topological polar surface area (TPSA) is 89.2 Å². The van der Waals surface area contributed by atoms with Crippen LogP contribution in [0.15, 0.2) is 36.4 Å². The molecule has 17 heteroatoms. The van der Waals surface area contributed by atoms with Crippen molar-refractivity contribution >= 4 is 29.1 Å². The second-order valence-corrected chi connectivity index (χ2v) is 7.10. The summed E-state index contributed by atoms with van der Waals surface area (Å²) >= 11 is 5.91. The third-order valence-corrected chi connectivity index (χ3v) is 4.86. The maximum Gasteiger partial charge on any atom is 0.437 e. The fourth-order valence-electron chi connectivity index (χ4n) is 2.82. The van der Waals surface area contributed by atoms with Crippen molar-refractivity contribution in [2.45, 2.75) is 24.6 Å². The van der Waals surface area contributed by atoms with Gasteiger partial charge in [0.05, 0.1) is 23.9 Å². The van der Waals surface area contributed by atoms with E-state index in [-0.39, 0.29) is 21.7 Å². The van der Waals surface area contributed by atoms with Gasteiger partial charge in [-0.3, -0.25) is 5.41 Å². The summed E-state index contributed by atoms with van der Waals surface area (Å²) in [7, 11) is 1.93. The quantitative estimate of drug-likeness (QED) is 0.197. The fourth-order valence-corrected chi connectivity index (χ4v) is 3.02. The van der Waals surface area contributed by atoms with E-state index in [0.717, 1.165) is 26.6 Å². The Morgan fingerprint density at radius 3 is 2.17 bits per heavy atom. The lowest BCUT2D eigenvalue weighted by Gasteiger charge is -2.31. The van der Waals surface area contributed by atoms with E-state index in [4.69, 9.17) is 17.0 Å². The summed E-state index contributed by atoms with van der Waals surface area (Å²) in [6, 6.07) is 3.81. The van der Waals surface area contributed by atoms with Crippen LogP contribution in [0.3, 0.4) is 0 Å². The van der Waals surface area contributed by atoms with Gasteiger partial charge in [0.25, 0.3) is 0 Å². The van der Waals surface area contributed by atoms with Gasteiger partial charge in [0.15, 0.2) is 11.6 Å². The van der Waals surface area contributed by atoms with Gasteiger partial charge < -0.3 is 14.8 Å². The molecule has 0 spiro atoms. The Balaban J connectivity index is 2.71. The maximum atomic E-state index is 14.4. The number of hydrogen-bond acceptors (Lipinski definition) is 6. The second-order valence-electron chi connectivity index (χ2n) is 6.70. The lowest BCUT2D eigenvalue weighted by Crippen LogP contribution is -2.59. The number of aromatic nitrogens is 2. The van der Waals surface area contributed by atoms with E-state index in [0.29, 0.717) is 4.68 Å². The average molecular weight is 553 g/mol. The van der Waals surface area contributed by atoms with Crippen LogP contribution in [0.5, 0.6) is 0 Å². The number of ether oxygens (including phenoxy) is 2. The molecule has 0 aliphatic rings. The summed E-state index contributed by atoms with van der Waals surface area (Å²) in [5, 5.41) is 12.9.